The zero-order chi connectivity index (χ0) is 21.0. The van der Waals surface area contributed by atoms with E-state index in [1.165, 1.54) is 11.1 Å². The van der Waals surface area contributed by atoms with Gasteiger partial charge in [-0.15, -0.1) is 0 Å². The van der Waals surface area contributed by atoms with Crippen LogP contribution < -0.4 is 14.8 Å². The van der Waals surface area contributed by atoms with Crippen LogP contribution in [0.1, 0.15) is 28.3 Å². The molecule has 0 spiro atoms. The molecule has 1 unspecified atom stereocenters. The van der Waals surface area contributed by atoms with Crippen LogP contribution in [0.5, 0.6) is 11.5 Å². The Labute approximate surface area is 181 Å². The van der Waals surface area contributed by atoms with Crippen LogP contribution in [-0.4, -0.2) is 23.9 Å². The van der Waals surface area contributed by atoms with E-state index in [9.17, 15) is 0 Å². The van der Waals surface area contributed by atoms with Gasteiger partial charge in [0.05, 0.1) is 24.9 Å². The van der Waals surface area contributed by atoms with E-state index in [1.807, 2.05) is 24.4 Å². The molecule has 156 valence electrons. The predicted octanol–water partition coefficient (Wildman–Crippen LogP) is 5.05. The van der Waals surface area contributed by atoms with Crippen molar-refractivity contribution in [2.75, 3.05) is 13.7 Å². The first-order valence-corrected chi connectivity index (χ1v) is 10.5. The molecule has 5 rings (SSSR count). The lowest BCUT2D eigenvalue weighted by atomic mass is 9.93. The highest BCUT2D eigenvalue weighted by atomic mass is 16.5. The largest absolute Gasteiger partial charge is 0.493 e. The van der Waals surface area contributed by atoms with Crippen LogP contribution in [0.15, 0.2) is 72.9 Å². The summed E-state index contributed by atoms with van der Waals surface area (Å²) in [5.74, 6) is 1.55. The molecule has 0 saturated heterocycles. The lowest BCUT2D eigenvalue weighted by Crippen LogP contribution is -2.28. The summed E-state index contributed by atoms with van der Waals surface area (Å²) in [6.45, 7) is 1.45. The number of hydrogen-bond acceptors (Lipinski definition) is 4. The molecule has 5 nitrogen and oxygen atoms in total. The molecule has 0 bridgehead atoms. The average Bonchev–Trinajstić information content (AvgIpc) is 3.29. The molecule has 0 amide bonds. The maximum absolute atomic E-state index is 6.11. The summed E-state index contributed by atoms with van der Waals surface area (Å²) in [5, 5.41) is 11.8. The molecule has 5 heteroatoms. The highest BCUT2D eigenvalue weighted by molar-refractivity contribution is 5.80. The molecule has 1 atom stereocenters. The van der Waals surface area contributed by atoms with Gasteiger partial charge in [-0.05, 0) is 52.9 Å². The summed E-state index contributed by atoms with van der Waals surface area (Å²) in [7, 11) is 1.69. The number of nitrogens with one attached hydrogen (secondary N) is 2. The third kappa shape index (κ3) is 4.18. The first-order valence-electron chi connectivity index (χ1n) is 10.5. The molecule has 2 heterocycles. The van der Waals surface area contributed by atoms with Gasteiger partial charge in [-0.2, -0.15) is 5.10 Å². The van der Waals surface area contributed by atoms with Gasteiger partial charge in [0.25, 0.3) is 0 Å². The number of H-pyrrole nitrogens is 1. The number of aromatic amines is 1. The van der Waals surface area contributed by atoms with E-state index < -0.39 is 0 Å². The minimum absolute atomic E-state index is 0.126. The fourth-order valence-electron chi connectivity index (χ4n) is 4.05. The van der Waals surface area contributed by atoms with E-state index in [0.29, 0.717) is 6.61 Å². The van der Waals surface area contributed by atoms with Crippen molar-refractivity contribution in [3.8, 4) is 11.5 Å². The van der Waals surface area contributed by atoms with Crippen LogP contribution in [0, 0.1) is 0 Å². The molecule has 1 aliphatic heterocycles. The zero-order valence-corrected chi connectivity index (χ0v) is 17.5. The van der Waals surface area contributed by atoms with Crippen LogP contribution in [0.2, 0.25) is 0 Å². The summed E-state index contributed by atoms with van der Waals surface area (Å²) in [6.07, 6.45) is 7.18. The standard InChI is InChI=1S/C26H25N3O2/c1-30-25-15-22-20(14-26(25)31-17-19-5-3-2-4-6-19)11-12-27-24(22)10-8-18-7-9-23-21(13-18)16-28-29-23/h2-10,13-16,24,27H,11-12,17H2,1H3,(H,28,29)/b10-8+. The summed E-state index contributed by atoms with van der Waals surface area (Å²) >= 11 is 0. The van der Waals surface area contributed by atoms with E-state index >= 15 is 0 Å². The molecule has 1 aliphatic rings. The number of ether oxygens (including phenoxy) is 2. The second kappa shape index (κ2) is 8.66. The van der Waals surface area contributed by atoms with Crippen molar-refractivity contribution in [3.05, 3.63) is 95.2 Å². The predicted molar refractivity (Wildman–Crippen MR) is 123 cm³/mol. The lowest BCUT2D eigenvalue weighted by molar-refractivity contribution is 0.283. The van der Waals surface area contributed by atoms with Gasteiger partial charge >= 0.3 is 0 Å². The molecule has 0 fully saturated rings. The van der Waals surface area contributed by atoms with E-state index in [0.717, 1.165) is 46.5 Å². The van der Waals surface area contributed by atoms with Crippen LogP contribution in [0.3, 0.4) is 0 Å². The van der Waals surface area contributed by atoms with Crippen molar-refractivity contribution in [1.82, 2.24) is 15.5 Å². The molecular formula is C26H25N3O2. The third-order valence-corrected chi connectivity index (χ3v) is 5.70. The van der Waals surface area contributed by atoms with Gasteiger partial charge in [-0.25, -0.2) is 0 Å². The van der Waals surface area contributed by atoms with E-state index in [2.05, 4.69) is 70.1 Å². The minimum atomic E-state index is 0.126. The van der Waals surface area contributed by atoms with Gasteiger partial charge in [-0.3, -0.25) is 5.10 Å². The Hall–Kier alpha value is -3.57. The Bertz CT molecular complexity index is 1210. The van der Waals surface area contributed by atoms with Gasteiger partial charge in [0.1, 0.15) is 6.61 Å². The number of methoxy groups -OCH3 is 1. The maximum Gasteiger partial charge on any atom is 0.161 e. The molecule has 3 aromatic carbocycles. The molecule has 0 saturated carbocycles. The number of benzene rings is 3. The van der Waals surface area contributed by atoms with E-state index in [-0.39, 0.29) is 6.04 Å². The second-order valence-electron chi connectivity index (χ2n) is 7.73. The molecule has 4 aromatic rings. The van der Waals surface area contributed by atoms with Gasteiger partial charge in [0.15, 0.2) is 11.5 Å². The number of aromatic nitrogens is 2. The lowest BCUT2D eigenvalue weighted by Gasteiger charge is -2.26. The summed E-state index contributed by atoms with van der Waals surface area (Å²) in [5.41, 5.74) is 5.86. The van der Waals surface area contributed by atoms with Gasteiger partial charge in [0, 0.05) is 11.9 Å². The van der Waals surface area contributed by atoms with Gasteiger partial charge in [0.2, 0.25) is 0 Å². The summed E-state index contributed by atoms with van der Waals surface area (Å²) in [6, 6.07) is 20.9. The normalized spacial score (nSPS) is 15.8. The van der Waals surface area contributed by atoms with Crippen LogP contribution >= 0.6 is 0 Å². The highest BCUT2D eigenvalue weighted by Crippen LogP contribution is 2.36. The van der Waals surface area contributed by atoms with Gasteiger partial charge in [-0.1, -0.05) is 48.6 Å². The average molecular weight is 412 g/mol. The Morgan fingerprint density at radius 1 is 1.06 bits per heavy atom. The van der Waals surface area contributed by atoms with E-state index in [4.69, 9.17) is 9.47 Å². The molecule has 0 aliphatic carbocycles. The number of hydrogen-bond donors (Lipinski definition) is 2. The molecule has 2 N–H and O–H groups in total. The second-order valence-corrected chi connectivity index (χ2v) is 7.73. The van der Waals surface area contributed by atoms with Crippen molar-refractivity contribution >= 4 is 17.0 Å². The molecule has 31 heavy (non-hydrogen) atoms. The quantitative estimate of drug-likeness (QED) is 0.466. The van der Waals surface area contributed by atoms with E-state index in [1.54, 1.807) is 7.11 Å². The topological polar surface area (TPSA) is 59.2 Å². The van der Waals surface area contributed by atoms with Crippen LogP contribution in [-0.2, 0) is 13.0 Å². The SMILES string of the molecule is COc1cc2c(cc1OCc1ccccc1)CCNC2/C=C/c1ccc2[nH]ncc2c1. The van der Waals surface area contributed by atoms with Gasteiger partial charge < -0.3 is 14.8 Å². The highest BCUT2D eigenvalue weighted by Gasteiger charge is 2.21. The number of rotatable bonds is 6. The fraction of sp³-hybridized carbons (Fsp3) is 0.192. The minimum Gasteiger partial charge on any atom is -0.493 e. The Balaban J connectivity index is 1.39. The van der Waals surface area contributed by atoms with Crippen molar-refractivity contribution in [2.24, 2.45) is 0 Å². The molecule has 1 aromatic heterocycles. The summed E-state index contributed by atoms with van der Waals surface area (Å²) < 4.78 is 11.8. The number of fused-ring (bicyclic) bond motifs is 2. The Kier molecular flexibility index (Phi) is 5.42. The summed E-state index contributed by atoms with van der Waals surface area (Å²) in [4.78, 5) is 0. The number of nitrogens with zero attached hydrogens (tertiary/aromatic N) is 1. The van der Waals surface area contributed by atoms with Crippen molar-refractivity contribution in [2.45, 2.75) is 19.1 Å². The van der Waals surface area contributed by atoms with Crippen molar-refractivity contribution in [1.29, 1.82) is 0 Å². The monoisotopic (exact) mass is 411 g/mol. The Morgan fingerprint density at radius 3 is 2.84 bits per heavy atom. The van der Waals surface area contributed by atoms with Crippen LogP contribution in [0.25, 0.3) is 17.0 Å². The first kappa shape index (κ1) is 19.4. The van der Waals surface area contributed by atoms with Crippen molar-refractivity contribution in [3.63, 3.8) is 0 Å². The molecular weight excluding hydrogens is 386 g/mol. The fourth-order valence-corrected chi connectivity index (χ4v) is 4.05. The smallest absolute Gasteiger partial charge is 0.161 e. The first-order chi connectivity index (χ1) is 15.3. The third-order valence-electron chi connectivity index (χ3n) is 5.70. The maximum atomic E-state index is 6.11. The van der Waals surface area contributed by atoms with Crippen molar-refractivity contribution < 1.29 is 9.47 Å². The van der Waals surface area contributed by atoms with Crippen LogP contribution in [0.4, 0.5) is 0 Å². The zero-order valence-electron chi connectivity index (χ0n) is 17.5. The Morgan fingerprint density at radius 2 is 1.97 bits per heavy atom. The molecule has 0 radical (unpaired) electrons.